The molecule has 2 rings (SSSR count). The summed E-state index contributed by atoms with van der Waals surface area (Å²) in [4.78, 5) is 0. The summed E-state index contributed by atoms with van der Waals surface area (Å²) in [6.07, 6.45) is 10.4. The second-order valence-electron chi connectivity index (χ2n) is 4.32. The standard InChI is InChI=1S/C12H18.2C2H6/c1-9-7-8-10(2)12-6-4-3-5-11(9)12;2*1-2/h7-8,11-12H,3-6H2,1-2H3;2*1-2H3. The lowest BCUT2D eigenvalue weighted by Gasteiger charge is -2.35. The molecule has 2 aliphatic rings. The maximum atomic E-state index is 2.32. The van der Waals surface area contributed by atoms with Crippen molar-refractivity contribution in [1.29, 1.82) is 0 Å². The van der Waals surface area contributed by atoms with Crippen molar-refractivity contribution in [2.75, 3.05) is 0 Å². The summed E-state index contributed by atoms with van der Waals surface area (Å²) in [7, 11) is 0. The van der Waals surface area contributed by atoms with Crippen LogP contribution in [0, 0.1) is 11.8 Å². The first-order valence-corrected chi connectivity index (χ1v) is 7.14. The molecule has 2 aliphatic carbocycles. The molecule has 0 aliphatic heterocycles. The molecule has 0 nitrogen and oxygen atoms in total. The minimum atomic E-state index is 0.892. The summed E-state index contributed by atoms with van der Waals surface area (Å²) in [5.74, 6) is 1.78. The molecular weight excluding hydrogens is 192 g/mol. The number of rotatable bonds is 0. The van der Waals surface area contributed by atoms with Gasteiger partial charge in [-0.05, 0) is 38.5 Å². The van der Waals surface area contributed by atoms with E-state index in [4.69, 9.17) is 0 Å². The second kappa shape index (κ2) is 8.61. The van der Waals surface area contributed by atoms with Gasteiger partial charge in [0.15, 0.2) is 0 Å². The van der Waals surface area contributed by atoms with Crippen molar-refractivity contribution in [2.24, 2.45) is 11.8 Å². The lowest BCUT2D eigenvalue weighted by molar-refractivity contribution is 0.306. The number of hydrogen-bond acceptors (Lipinski definition) is 0. The van der Waals surface area contributed by atoms with Crippen LogP contribution < -0.4 is 0 Å². The minimum Gasteiger partial charge on any atom is -0.0696 e. The van der Waals surface area contributed by atoms with E-state index in [1.165, 1.54) is 25.7 Å². The van der Waals surface area contributed by atoms with Crippen molar-refractivity contribution in [3.8, 4) is 0 Å². The van der Waals surface area contributed by atoms with Crippen molar-refractivity contribution in [3.63, 3.8) is 0 Å². The van der Waals surface area contributed by atoms with Gasteiger partial charge in [-0.25, -0.2) is 0 Å². The molecule has 0 radical (unpaired) electrons. The van der Waals surface area contributed by atoms with Crippen molar-refractivity contribution in [2.45, 2.75) is 67.2 Å². The third kappa shape index (κ3) is 3.81. The van der Waals surface area contributed by atoms with Gasteiger partial charge in [0, 0.05) is 0 Å². The molecule has 0 aromatic carbocycles. The van der Waals surface area contributed by atoms with Crippen LogP contribution in [0.4, 0.5) is 0 Å². The fourth-order valence-corrected chi connectivity index (χ4v) is 2.73. The molecule has 0 heterocycles. The highest BCUT2D eigenvalue weighted by Crippen LogP contribution is 2.41. The van der Waals surface area contributed by atoms with Crippen molar-refractivity contribution >= 4 is 0 Å². The van der Waals surface area contributed by atoms with E-state index in [0.29, 0.717) is 0 Å². The van der Waals surface area contributed by atoms with E-state index in [1.54, 1.807) is 11.1 Å². The quantitative estimate of drug-likeness (QED) is 0.489. The van der Waals surface area contributed by atoms with Crippen LogP contribution in [-0.4, -0.2) is 0 Å². The van der Waals surface area contributed by atoms with Crippen LogP contribution in [0.15, 0.2) is 23.3 Å². The fraction of sp³-hybridized carbons (Fsp3) is 0.750. The first-order valence-electron chi connectivity index (χ1n) is 7.14. The van der Waals surface area contributed by atoms with Crippen molar-refractivity contribution < 1.29 is 0 Å². The molecule has 0 saturated heterocycles. The molecule has 16 heavy (non-hydrogen) atoms. The van der Waals surface area contributed by atoms with Crippen LogP contribution in [0.1, 0.15) is 67.2 Å². The molecule has 2 unspecified atom stereocenters. The molecule has 0 bridgehead atoms. The zero-order valence-corrected chi connectivity index (χ0v) is 12.1. The van der Waals surface area contributed by atoms with E-state index >= 15 is 0 Å². The lowest BCUT2D eigenvalue weighted by Crippen LogP contribution is -2.23. The average Bonchev–Trinajstić information content (AvgIpc) is 2.39. The van der Waals surface area contributed by atoms with Crippen molar-refractivity contribution in [3.05, 3.63) is 23.3 Å². The Hall–Kier alpha value is -0.520. The Balaban J connectivity index is 0.000000509. The summed E-state index contributed by atoms with van der Waals surface area (Å²) in [5.41, 5.74) is 3.23. The fourth-order valence-electron chi connectivity index (χ4n) is 2.73. The summed E-state index contributed by atoms with van der Waals surface area (Å²) >= 11 is 0. The normalized spacial score (nSPS) is 27.1. The molecule has 0 N–H and O–H groups in total. The summed E-state index contributed by atoms with van der Waals surface area (Å²) < 4.78 is 0. The van der Waals surface area contributed by atoms with Gasteiger partial charge in [0.05, 0.1) is 0 Å². The van der Waals surface area contributed by atoms with Gasteiger partial charge in [-0.2, -0.15) is 0 Å². The van der Waals surface area contributed by atoms with E-state index in [1.807, 2.05) is 27.7 Å². The van der Waals surface area contributed by atoms with Crippen LogP contribution in [0.25, 0.3) is 0 Å². The molecule has 0 amide bonds. The topological polar surface area (TPSA) is 0 Å². The number of fused-ring (bicyclic) bond motifs is 1. The van der Waals surface area contributed by atoms with E-state index < -0.39 is 0 Å². The monoisotopic (exact) mass is 222 g/mol. The Morgan fingerprint density at radius 2 is 1.06 bits per heavy atom. The van der Waals surface area contributed by atoms with Crippen LogP contribution in [0.2, 0.25) is 0 Å². The van der Waals surface area contributed by atoms with Gasteiger partial charge in [0.2, 0.25) is 0 Å². The zero-order chi connectivity index (χ0) is 12.6. The highest BCUT2D eigenvalue weighted by Gasteiger charge is 2.28. The highest BCUT2D eigenvalue weighted by atomic mass is 14.3. The van der Waals surface area contributed by atoms with Gasteiger partial charge < -0.3 is 0 Å². The van der Waals surface area contributed by atoms with Gasteiger partial charge in [-0.3, -0.25) is 0 Å². The summed E-state index contributed by atoms with van der Waals surface area (Å²) in [6, 6.07) is 0. The van der Waals surface area contributed by atoms with E-state index in [0.717, 1.165) is 11.8 Å². The van der Waals surface area contributed by atoms with E-state index in [2.05, 4.69) is 26.0 Å². The van der Waals surface area contributed by atoms with Gasteiger partial charge in [-0.15, -0.1) is 0 Å². The summed E-state index contributed by atoms with van der Waals surface area (Å²) in [5, 5.41) is 0. The maximum Gasteiger partial charge on any atom is -0.0137 e. The smallest absolute Gasteiger partial charge is 0.0137 e. The van der Waals surface area contributed by atoms with Crippen LogP contribution >= 0.6 is 0 Å². The summed E-state index contributed by atoms with van der Waals surface area (Å²) in [6.45, 7) is 12.6. The SMILES string of the molecule is CC.CC.CC1=CC=C(C)C2CCCCC12. The third-order valence-electron chi connectivity index (χ3n) is 3.54. The molecule has 94 valence electrons. The van der Waals surface area contributed by atoms with Gasteiger partial charge in [-0.1, -0.05) is 63.8 Å². The molecule has 0 aromatic rings. The van der Waals surface area contributed by atoms with Gasteiger partial charge in [0.1, 0.15) is 0 Å². The molecule has 1 saturated carbocycles. The largest absolute Gasteiger partial charge is 0.0696 e. The van der Waals surface area contributed by atoms with Crippen LogP contribution in [-0.2, 0) is 0 Å². The van der Waals surface area contributed by atoms with Gasteiger partial charge >= 0.3 is 0 Å². The molecule has 1 fully saturated rings. The number of allylic oxidation sites excluding steroid dienone is 4. The average molecular weight is 222 g/mol. The molecule has 0 aromatic heterocycles. The van der Waals surface area contributed by atoms with E-state index in [9.17, 15) is 0 Å². The Kier molecular flexibility index (Phi) is 8.33. The predicted molar refractivity (Wildman–Crippen MR) is 75.7 cm³/mol. The zero-order valence-electron chi connectivity index (χ0n) is 12.1. The van der Waals surface area contributed by atoms with Crippen LogP contribution in [0.3, 0.4) is 0 Å². The Morgan fingerprint density at radius 1 is 0.750 bits per heavy atom. The van der Waals surface area contributed by atoms with Gasteiger partial charge in [0.25, 0.3) is 0 Å². The second-order valence-corrected chi connectivity index (χ2v) is 4.32. The lowest BCUT2D eigenvalue weighted by atomic mass is 9.70. The van der Waals surface area contributed by atoms with E-state index in [-0.39, 0.29) is 0 Å². The first kappa shape index (κ1) is 15.5. The molecular formula is C16H30. The number of hydrogen-bond donors (Lipinski definition) is 0. The molecule has 0 heteroatoms. The highest BCUT2D eigenvalue weighted by molar-refractivity contribution is 5.27. The maximum absolute atomic E-state index is 2.32. The molecule has 2 atom stereocenters. The first-order chi connectivity index (χ1) is 7.79. The third-order valence-corrected chi connectivity index (χ3v) is 3.54. The Labute approximate surface area is 103 Å². The van der Waals surface area contributed by atoms with Crippen molar-refractivity contribution in [1.82, 2.24) is 0 Å². The Morgan fingerprint density at radius 3 is 1.38 bits per heavy atom. The van der Waals surface area contributed by atoms with Crippen LogP contribution in [0.5, 0.6) is 0 Å². The predicted octanol–water partition coefficient (Wildman–Crippen LogP) is 5.75. The Bertz CT molecular complexity index is 206. The minimum absolute atomic E-state index is 0.892. The molecule has 0 spiro atoms.